The zero-order valence-corrected chi connectivity index (χ0v) is 12.6. The molecular weight excluding hydrogens is 302 g/mol. The van der Waals surface area contributed by atoms with Crippen LogP contribution in [-0.2, 0) is 16.8 Å². The molecule has 1 aromatic carbocycles. The molecular formula is C16H18F2N4O. The van der Waals surface area contributed by atoms with Crippen molar-refractivity contribution in [1.29, 1.82) is 0 Å². The molecule has 1 heterocycles. The number of aryl methyl sites for hydroxylation is 1. The van der Waals surface area contributed by atoms with E-state index in [9.17, 15) is 13.6 Å². The summed E-state index contributed by atoms with van der Waals surface area (Å²) < 4.78 is 27.3. The van der Waals surface area contributed by atoms with Crippen molar-refractivity contribution in [3.63, 3.8) is 0 Å². The molecule has 1 fully saturated rings. The number of rotatable bonds is 5. The lowest BCUT2D eigenvalue weighted by molar-refractivity contribution is -0.123. The van der Waals surface area contributed by atoms with Gasteiger partial charge in [0.25, 0.3) is 0 Å². The van der Waals surface area contributed by atoms with Crippen LogP contribution in [0.2, 0.25) is 0 Å². The van der Waals surface area contributed by atoms with Gasteiger partial charge in [-0.2, -0.15) is 5.10 Å². The third-order valence-corrected chi connectivity index (χ3v) is 4.34. The molecule has 5 nitrogen and oxygen atoms in total. The zero-order chi connectivity index (χ0) is 16.3. The summed E-state index contributed by atoms with van der Waals surface area (Å²) in [6, 6.07) is 3.54. The Morgan fingerprint density at radius 1 is 1.30 bits per heavy atom. The summed E-state index contributed by atoms with van der Waals surface area (Å²) in [6.45, 7) is 0. The summed E-state index contributed by atoms with van der Waals surface area (Å²) in [7, 11) is 0. The number of halogens is 2. The number of carbonyl (C=O) groups is 1. The van der Waals surface area contributed by atoms with Gasteiger partial charge < -0.3 is 5.32 Å². The third kappa shape index (κ3) is 3.38. The Bertz CT molecular complexity index is 681. The molecule has 0 aliphatic heterocycles. The van der Waals surface area contributed by atoms with Crippen LogP contribution in [0.5, 0.6) is 0 Å². The molecule has 7 heteroatoms. The Labute approximate surface area is 132 Å². The van der Waals surface area contributed by atoms with Crippen molar-refractivity contribution >= 4 is 5.91 Å². The Kier molecular flexibility index (Phi) is 4.36. The van der Waals surface area contributed by atoms with Gasteiger partial charge in [-0.05, 0) is 18.9 Å². The first-order valence-electron chi connectivity index (χ1n) is 7.70. The number of amides is 1. The topological polar surface area (TPSA) is 70.7 Å². The van der Waals surface area contributed by atoms with Gasteiger partial charge in [0.1, 0.15) is 23.8 Å². The normalized spacial score (nSPS) is 16.4. The molecule has 1 aromatic heterocycles. The maximum atomic E-state index is 14.2. The second-order valence-corrected chi connectivity index (χ2v) is 5.89. The lowest BCUT2D eigenvalue weighted by Gasteiger charge is -2.31. The van der Waals surface area contributed by atoms with E-state index in [0.29, 0.717) is 30.7 Å². The maximum absolute atomic E-state index is 14.2. The van der Waals surface area contributed by atoms with E-state index in [4.69, 9.17) is 0 Å². The quantitative estimate of drug-likeness (QED) is 0.889. The van der Waals surface area contributed by atoms with E-state index in [1.54, 1.807) is 0 Å². The number of H-pyrrole nitrogens is 1. The second kappa shape index (κ2) is 6.44. The molecule has 1 amide bonds. The molecule has 1 aliphatic carbocycles. The van der Waals surface area contributed by atoms with Crippen molar-refractivity contribution in [1.82, 2.24) is 20.5 Å². The summed E-state index contributed by atoms with van der Waals surface area (Å²) in [5.41, 5.74) is -0.375. The van der Waals surface area contributed by atoms with Gasteiger partial charge in [-0.25, -0.2) is 13.8 Å². The molecule has 1 saturated carbocycles. The van der Waals surface area contributed by atoms with Gasteiger partial charge in [0.15, 0.2) is 0 Å². The molecule has 23 heavy (non-hydrogen) atoms. The molecule has 0 spiro atoms. The molecule has 1 aliphatic rings. The van der Waals surface area contributed by atoms with Crippen LogP contribution in [0.25, 0.3) is 0 Å². The number of aromatic amines is 1. The minimum Gasteiger partial charge on any atom is -0.346 e. The number of hydrogen-bond donors (Lipinski definition) is 2. The van der Waals surface area contributed by atoms with Gasteiger partial charge in [0, 0.05) is 24.5 Å². The van der Waals surface area contributed by atoms with E-state index >= 15 is 0 Å². The van der Waals surface area contributed by atoms with Crippen molar-refractivity contribution in [3.05, 3.63) is 47.5 Å². The molecule has 0 atom stereocenters. The highest BCUT2D eigenvalue weighted by molar-refractivity contribution is 5.77. The standard InChI is InChI=1S/C16H18F2N4O/c17-11-3-4-12(13(18)9-11)16(7-1-2-8-16)21-15(23)6-5-14-19-10-20-22-14/h3-4,9-10H,1-2,5-8H2,(H,21,23)(H,19,20,22). The fourth-order valence-corrected chi connectivity index (χ4v) is 3.23. The van der Waals surface area contributed by atoms with Crippen LogP contribution in [0.4, 0.5) is 8.78 Å². The molecule has 0 saturated heterocycles. The second-order valence-electron chi connectivity index (χ2n) is 5.89. The molecule has 0 bridgehead atoms. The lowest BCUT2D eigenvalue weighted by Crippen LogP contribution is -2.44. The molecule has 0 unspecified atom stereocenters. The van der Waals surface area contributed by atoms with E-state index in [1.165, 1.54) is 18.5 Å². The Morgan fingerprint density at radius 3 is 2.74 bits per heavy atom. The van der Waals surface area contributed by atoms with E-state index in [-0.39, 0.29) is 12.3 Å². The fourth-order valence-electron chi connectivity index (χ4n) is 3.23. The SMILES string of the molecule is O=C(CCc1ncn[nH]1)NC1(c2ccc(F)cc2F)CCCC1. The van der Waals surface area contributed by atoms with Crippen molar-refractivity contribution in [2.75, 3.05) is 0 Å². The van der Waals surface area contributed by atoms with Crippen LogP contribution in [-0.4, -0.2) is 21.1 Å². The minimum atomic E-state index is -0.740. The molecule has 3 rings (SSSR count). The monoisotopic (exact) mass is 320 g/mol. The van der Waals surface area contributed by atoms with Gasteiger partial charge >= 0.3 is 0 Å². The average molecular weight is 320 g/mol. The van der Waals surface area contributed by atoms with Gasteiger partial charge in [0.05, 0.1) is 5.54 Å². The molecule has 122 valence electrons. The van der Waals surface area contributed by atoms with Gasteiger partial charge in [0.2, 0.25) is 5.91 Å². The Hall–Kier alpha value is -2.31. The van der Waals surface area contributed by atoms with Crippen molar-refractivity contribution in [2.45, 2.75) is 44.1 Å². The minimum absolute atomic E-state index is 0.174. The van der Waals surface area contributed by atoms with Crippen LogP contribution in [0, 0.1) is 11.6 Å². The maximum Gasteiger partial charge on any atom is 0.221 e. The summed E-state index contributed by atoms with van der Waals surface area (Å²) in [6.07, 6.45) is 5.18. The highest BCUT2D eigenvalue weighted by atomic mass is 19.1. The summed E-state index contributed by atoms with van der Waals surface area (Å²) in [4.78, 5) is 16.3. The number of hydrogen-bond acceptors (Lipinski definition) is 3. The van der Waals surface area contributed by atoms with Gasteiger partial charge in [-0.15, -0.1) is 0 Å². The fraction of sp³-hybridized carbons (Fsp3) is 0.438. The van der Waals surface area contributed by atoms with E-state index in [0.717, 1.165) is 18.9 Å². The van der Waals surface area contributed by atoms with Crippen molar-refractivity contribution in [2.24, 2.45) is 0 Å². The zero-order valence-electron chi connectivity index (χ0n) is 12.6. The number of benzene rings is 1. The number of aromatic nitrogens is 3. The van der Waals surface area contributed by atoms with Gasteiger partial charge in [-0.3, -0.25) is 9.89 Å². The van der Waals surface area contributed by atoms with E-state index in [1.807, 2.05) is 0 Å². The van der Waals surface area contributed by atoms with Crippen molar-refractivity contribution in [3.8, 4) is 0 Å². The number of nitrogens with one attached hydrogen (secondary N) is 2. The summed E-state index contributed by atoms with van der Waals surface area (Å²) in [5, 5.41) is 9.40. The highest BCUT2D eigenvalue weighted by Crippen LogP contribution is 2.40. The lowest BCUT2D eigenvalue weighted by atomic mass is 9.87. The predicted molar refractivity (Wildman–Crippen MR) is 79.4 cm³/mol. The first-order chi connectivity index (χ1) is 11.1. The summed E-state index contributed by atoms with van der Waals surface area (Å²) >= 11 is 0. The predicted octanol–water partition coefficient (Wildman–Crippen LogP) is 2.60. The Balaban J connectivity index is 1.74. The van der Waals surface area contributed by atoms with Crippen LogP contribution < -0.4 is 5.32 Å². The third-order valence-electron chi connectivity index (χ3n) is 4.34. The number of nitrogens with zero attached hydrogens (tertiary/aromatic N) is 2. The highest BCUT2D eigenvalue weighted by Gasteiger charge is 2.39. The van der Waals surface area contributed by atoms with Gasteiger partial charge in [-0.1, -0.05) is 18.9 Å². The first-order valence-corrected chi connectivity index (χ1v) is 7.70. The Morgan fingerprint density at radius 2 is 2.09 bits per heavy atom. The molecule has 0 radical (unpaired) electrons. The molecule has 2 N–H and O–H groups in total. The number of carbonyl (C=O) groups excluding carboxylic acids is 1. The van der Waals surface area contributed by atoms with Crippen molar-refractivity contribution < 1.29 is 13.6 Å². The molecule has 2 aromatic rings. The largest absolute Gasteiger partial charge is 0.346 e. The smallest absolute Gasteiger partial charge is 0.221 e. The van der Waals surface area contributed by atoms with Crippen LogP contribution in [0.3, 0.4) is 0 Å². The van der Waals surface area contributed by atoms with Crippen LogP contribution in [0.1, 0.15) is 43.5 Å². The summed E-state index contributed by atoms with van der Waals surface area (Å²) in [5.74, 6) is -0.765. The average Bonchev–Trinajstić information content (AvgIpc) is 3.17. The van der Waals surface area contributed by atoms with Crippen LogP contribution >= 0.6 is 0 Å². The van der Waals surface area contributed by atoms with E-state index < -0.39 is 17.2 Å². The van der Waals surface area contributed by atoms with E-state index in [2.05, 4.69) is 20.5 Å². The first kappa shape index (κ1) is 15.6. The van der Waals surface area contributed by atoms with Crippen LogP contribution in [0.15, 0.2) is 24.5 Å².